The number of thiol groups is 1. The first-order chi connectivity index (χ1) is 4.81. The molecule has 10 heavy (non-hydrogen) atoms. The molecular formula is C6H9NO2S. The molecule has 0 aromatic carbocycles. The van der Waals surface area contributed by atoms with Gasteiger partial charge in [0.25, 0.3) is 0 Å². The lowest BCUT2D eigenvalue weighted by molar-refractivity contribution is -0.131. The number of amides is 1. The van der Waals surface area contributed by atoms with E-state index in [9.17, 15) is 4.79 Å². The summed E-state index contributed by atoms with van der Waals surface area (Å²) in [6, 6.07) is 0. The zero-order valence-electron chi connectivity index (χ0n) is 5.46. The predicted molar refractivity (Wildman–Crippen MR) is 41.4 cm³/mol. The molecule has 0 radical (unpaired) electrons. The smallest absolute Gasteiger partial charge is 0.244 e. The van der Waals surface area contributed by atoms with Gasteiger partial charge in [0.1, 0.15) is 6.61 Å². The third kappa shape index (κ3) is 5.48. The number of hydrogen-bond acceptors (Lipinski definition) is 3. The Hall–Kier alpha value is -0.660. The molecule has 0 spiro atoms. The van der Waals surface area contributed by atoms with Crippen molar-refractivity contribution < 1.29 is 9.63 Å². The fraction of sp³-hybridized carbons (Fsp3) is 0.500. The highest BCUT2D eigenvalue weighted by Gasteiger charge is 1.95. The lowest BCUT2D eigenvalue weighted by atomic mass is 10.5. The molecule has 1 amide bonds. The van der Waals surface area contributed by atoms with Crippen LogP contribution in [0.2, 0.25) is 0 Å². The molecular weight excluding hydrogens is 150 g/mol. The molecule has 0 aliphatic carbocycles. The van der Waals surface area contributed by atoms with Crippen LogP contribution in [0.5, 0.6) is 0 Å². The summed E-state index contributed by atoms with van der Waals surface area (Å²) < 4.78 is 0. The third-order valence-electron chi connectivity index (χ3n) is 0.680. The van der Waals surface area contributed by atoms with E-state index >= 15 is 0 Å². The molecule has 0 aromatic heterocycles. The molecule has 0 heterocycles. The van der Waals surface area contributed by atoms with E-state index in [0.717, 1.165) is 0 Å². The number of hydroxylamine groups is 1. The normalized spacial score (nSPS) is 8.40. The van der Waals surface area contributed by atoms with E-state index in [1.807, 2.05) is 0 Å². The van der Waals surface area contributed by atoms with Crippen LogP contribution in [0.1, 0.15) is 6.42 Å². The monoisotopic (exact) mass is 159 g/mol. The van der Waals surface area contributed by atoms with Crippen molar-refractivity contribution in [2.24, 2.45) is 0 Å². The SMILES string of the molecule is C#CCONC(=O)CCS. The van der Waals surface area contributed by atoms with Gasteiger partial charge < -0.3 is 0 Å². The minimum Gasteiger partial charge on any atom is -0.273 e. The second-order valence-electron chi connectivity index (χ2n) is 1.49. The zero-order chi connectivity index (χ0) is 7.82. The molecule has 56 valence electrons. The van der Waals surface area contributed by atoms with Crippen LogP contribution in [0, 0.1) is 12.3 Å². The Morgan fingerprint density at radius 1 is 1.80 bits per heavy atom. The third-order valence-corrected chi connectivity index (χ3v) is 0.904. The fourth-order valence-electron chi connectivity index (χ4n) is 0.311. The Morgan fingerprint density at radius 3 is 3.00 bits per heavy atom. The maximum absolute atomic E-state index is 10.6. The van der Waals surface area contributed by atoms with Crippen molar-refractivity contribution in [3.05, 3.63) is 0 Å². The number of carbonyl (C=O) groups is 1. The maximum Gasteiger partial charge on any atom is 0.244 e. The second-order valence-corrected chi connectivity index (χ2v) is 1.94. The molecule has 0 aliphatic rings. The van der Waals surface area contributed by atoms with E-state index in [2.05, 4.69) is 28.9 Å². The molecule has 0 atom stereocenters. The predicted octanol–water partition coefficient (Wildman–Crippen LogP) is -0.0127. The number of hydrogen-bond donors (Lipinski definition) is 2. The first kappa shape index (κ1) is 9.34. The highest BCUT2D eigenvalue weighted by molar-refractivity contribution is 7.80. The van der Waals surface area contributed by atoms with Gasteiger partial charge in [0, 0.05) is 6.42 Å². The Bertz CT molecular complexity index is 141. The Kier molecular flexibility index (Phi) is 6.03. The first-order valence-electron chi connectivity index (χ1n) is 2.76. The molecule has 0 saturated heterocycles. The molecule has 3 nitrogen and oxygen atoms in total. The van der Waals surface area contributed by atoms with Crippen LogP contribution in [0.25, 0.3) is 0 Å². The minimum atomic E-state index is -0.203. The van der Waals surface area contributed by atoms with Crippen LogP contribution < -0.4 is 5.48 Å². The van der Waals surface area contributed by atoms with Crippen molar-refractivity contribution in [3.63, 3.8) is 0 Å². The molecule has 1 N–H and O–H groups in total. The van der Waals surface area contributed by atoms with Crippen molar-refractivity contribution in [1.29, 1.82) is 0 Å². The summed E-state index contributed by atoms with van der Waals surface area (Å²) in [5.74, 6) is 2.51. The average molecular weight is 159 g/mol. The largest absolute Gasteiger partial charge is 0.273 e. The van der Waals surface area contributed by atoms with E-state index in [-0.39, 0.29) is 12.5 Å². The van der Waals surface area contributed by atoms with Gasteiger partial charge in [-0.1, -0.05) is 5.92 Å². The summed E-state index contributed by atoms with van der Waals surface area (Å²) in [6.07, 6.45) is 5.19. The molecule has 0 bridgehead atoms. The van der Waals surface area contributed by atoms with Gasteiger partial charge in [-0.25, -0.2) is 5.48 Å². The number of terminal acetylenes is 1. The van der Waals surface area contributed by atoms with Crippen molar-refractivity contribution in [3.8, 4) is 12.3 Å². The fourth-order valence-corrected chi connectivity index (χ4v) is 0.514. The van der Waals surface area contributed by atoms with Gasteiger partial charge in [-0.15, -0.1) is 6.42 Å². The summed E-state index contributed by atoms with van der Waals surface area (Å²) in [5, 5.41) is 0. The average Bonchev–Trinajstić information content (AvgIpc) is 1.89. The lowest BCUT2D eigenvalue weighted by Crippen LogP contribution is -2.23. The number of rotatable bonds is 4. The van der Waals surface area contributed by atoms with Gasteiger partial charge in [0.05, 0.1) is 0 Å². The maximum atomic E-state index is 10.6. The standard InChI is InChI=1S/C6H9NO2S/c1-2-4-9-7-6(8)3-5-10/h1,10H,3-5H2,(H,7,8). The van der Waals surface area contributed by atoms with Crippen LogP contribution in [0.4, 0.5) is 0 Å². The van der Waals surface area contributed by atoms with Crippen molar-refractivity contribution in [1.82, 2.24) is 5.48 Å². The van der Waals surface area contributed by atoms with Crippen LogP contribution in [-0.4, -0.2) is 18.3 Å². The van der Waals surface area contributed by atoms with Crippen LogP contribution in [-0.2, 0) is 9.63 Å². The Labute approximate surface area is 65.5 Å². The summed E-state index contributed by atoms with van der Waals surface area (Å²) in [5.41, 5.74) is 2.15. The van der Waals surface area contributed by atoms with Gasteiger partial charge in [-0.05, 0) is 5.75 Å². The molecule has 0 aliphatic heterocycles. The summed E-state index contributed by atoms with van der Waals surface area (Å²) >= 11 is 3.85. The summed E-state index contributed by atoms with van der Waals surface area (Å²) in [4.78, 5) is 15.1. The van der Waals surface area contributed by atoms with E-state index in [0.29, 0.717) is 12.2 Å². The molecule has 4 heteroatoms. The van der Waals surface area contributed by atoms with Crippen LogP contribution in [0.3, 0.4) is 0 Å². The van der Waals surface area contributed by atoms with Crippen molar-refractivity contribution in [2.45, 2.75) is 6.42 Å². The highest BCUT2D eigenvalue weighted by Crippen LogP contribution is 1.82. The van der Waals surface area contributed by atoms with Gasteiger partial charge in [0.15, 0.2) is 0 Å². The van der Waals surface area contributed by atoms with E-state index in [1.165, 1.54) is 0 Å². The topological polar surface area (TPSA) is 38.3 Å². The lowest BCUT2D eigenvalue weighted by Gasteiger charge is -1.99. The van der Waals surface area contributed by atoms with E-state index < -0.39 is 0 Å². The second kappa shape index (κ2) is 6.46. The van der Waals surface area contributed by atoms with Gasteiger partial charge in [-0.3, -0.25) is 9.63 Å². The minimum absolute atomic E-state index is 0.0955. The Balaban J connectivity index is 3.15. The van der Waals surface area contributed by atoms with Crippen LogP contribution in [0.15, 0.2) is 0 Å². The number of carbonyl (C=O) groups excluding carboxylic acids is 1. The Morgan fingerprint density at radius 2 is 2.50 bits per heavy atom. The van der Waals surface area contributed by atoms with Gasteiger partial charge in [0.2, 0.25) is 5.91 Å². The van der Waals surface area contributed by atoms with Crippen molar-refractivity contribution in [2.75, 3.05) is 12.4 Å². The molecule has 0 fully saturated rings. The molecule has 0 unspecified atom stereocenters. The molecule has 0 rings (SSSR count). The zero-order valence-corrected chi connectivity index (χ0v) is 6.36. The van der Waals surface area contributed by atoms with Crippen LogP contribution >= 0.6 is 12.6 Å². The van der Waals surface area contributed by atoms with Crippen molar-refractivity contribution >= 4 is 18.5 Å². The molecule has 0 saturated carbocycles. The highest BCUT2D eigenvalue weighted by atomic mass is 32.1. The quantitative estimate of drug-likeness (QED) is 0.262. The number of nitrogens with one attached hydrogen (secondary N) is 1. The summed E-state index contributed by atoms with van der Waals surface area (Å²) in [7, 11) is 0. The van der Waals surface area contributed by atoms with E-state index in [1.54, 1.807) is 0 Å². The van der Waals surface area contributed by atoms with Gasteiger partial charge >= 0.3 is 0 Å². The van der Waals surface area contributed by atoms with E-state index in [4.69, 9.17) is 6.42 Å². The first-order valence-corrected chi connectivity index (χ1v) is 3.39. The molecule has 0 aromatic rings. The van der Waals surface area contributed by atoms with Gasteiger partial charge in [-0.2, -0.15) is 12.6 Å². The summed E-state index contributed by atoms with van der Waals surface area (Å²) in [6.45, 7) is 0.0955.